The van der Waals surface area contributed by atoms with Gasteiger partial charge >= 0.3 is 0 Å². The van der Waals surface area contributed by atoms with Gasteiger partial charge in [-0.1, -0.05) is 0 Å². The Morgan fingerprint density at radius 3 is 2.81 bits per heavy atom. The van der Waals surface area contributed by atoms with Crippen molar-refractivity contribution in [1.82, 2.24) is 10.2 Å². The zero-order valence-corrected chi connectivity index (χ0v) is 10.4. The lowest BCUT2D eigenvalue weighted by Crippen LogP contribution is -2.45. The lowest BCUT2D eigenvalue weighted by atomic mass is 10.0. The molecule has 2 aliphatic carbocycles. The van der Waals surface area contributed by atoms with Gasteiger partial charge in [0.15, 0.2) is 0 Å². The lowest BCUT2D eigenvalue weighted by Gasteiger charge is -2.30. The van der Waals surface area contributed by atoms with Crippen LogP contribution in [0.3, 0.4) is 0 Å². The average molecular weight is 224 g/mol. The number of rotatable bonds is 5. The molecule has 0 aromatic rings. The smallest absolute Gasteiger partial charge is 0.0826 e. The van der Waals surface area contributed by atoms with Crippen molar-refractivity contribution in [3.8, 4) is 0 Å². The molecule has 0 amide bonds. The summed E-state index contributed by atoms with van der Waals surface area (Å²) < 4.78 is 5.76. The number of hydrogen-bond acceptors (Lipinski definition) is 3. The molecule has 0 aromatic carbocycles. The quantitative estimate of drug-likeness (QED) is 0.757. The maximum Gasteiger partial charge on any atom is 0.0826 e. The zero-order valence-electron chi connectivity index (χ0n) is 10.4. The summed E-state index contributed by atoms with van der Waals surface area (Å²) in [5.74, 6) is 1.06. The summed E-state index contributed by atoms with van der Waals surface area (Å²) in [6.45, 7) is 5.35. The molecule has 16 heavy (non-hydrogen) atoms. The predicted octanol–water partition coefficient (Wildman–Crippen LogP) is 1.10. The molecule has 3 nitrogen and oxygen atoms in total. The van der Waals surface area contributed by atoms with Crippen molar-refractivity contribution in [2.45, 2.75) is 31.8 Å². The van der Waals surface area contributed by atoms with Crippen LogP contribution in [0, 0.1) is 11.3 Å². The summed E-state index contributed by atoms with van der Waals surface area (Å²) >= 11 is 0. The molecule has 1 heterocycles. The first-order valence-electron chi connectivity index (χ1n) is 6.79. The van der Waals surface area contributed by atoms with Crippen LogP contribution in [0.5, 0.6) is 0 Å². The van der Waals surface area contributed by atoms with Crippen LogP contribution in [0.4, 0.5) is 0 Å². The SMILES string of the molecule is CN1CCOC(CNCC2(C3CC3)CC2)C1. The second-order valence-electron chi connectivity index (χ2n) is 6.02. The van der Waals surface area contributed by atoms with E-state index in [4.69, 9.17) is 4.74 Å². The molecule has 0 spiro atoms. The molecule has 92 valence electrons. The molecule has 1 aliphatic heterocycles. The van der Waals surface area contributed by atoms with Crippen molar-refractivity contribution < 1.29 is 4.74 Å². The highest BCUT2D eigenvalue weighted by Crippen LogP contribution is 2.60. The Morgan fingerprint density at radius 1 is 1.38 bits per heavy atom. The van der Waals surface area contributed by atoms with E-state index in [0.29, 0.717) is 6.10 Å². The largest absolute Gasteiger partial charge is 0.374 e. The van der Waals surface area contributed by atoms with Crippen LogP contribution in [0.2, 0.25) is 0 Å². The predicted molar refractivity (Wildman–Crippen MR) is 64.5 cm³/mol. The number of nitrogens with zero attached hydrogens (tertiary/aromatic N) is 1. The highest BCUT2D eigenvalue weighted by Gasteiger charge is 2.53. The maximum absolute atomic E-state index is 5.76. The average Bonchev–Trinajstić information content (AvgIpc) is 3.13. The monoisotopic (exact) mass is 224 g/mol. The van der Waals surface area contributed by atoms with Gasteiger partial charge in [0, 0.05) is 26.2 Å². The summed E-state index contributed by atoms with van der Waals surface area (Å²) in [6, 6.07) is 0. The number of nitrogens with one attached hydrogen (secondary N) is 1. The number of ether oxygens (including phenoxy) is 1. The Hall–Kier alpha value is -0.120. The molecule has 1 saturated heterocycles. The Labute approximate surface area is 98.5 Å². The van der Waals surface area contributed by atoms with Gasteiger partial charge in [0.1, 0.15) is 0 Å². The summed E-state index contributed by atoms with van der Waals surface area (Å²) in [5.41, 5.74) is 0.723. The van der Waals surface area contributed by atoms with Gasteiger partial charge in [-0.15, -0.1) is 0 Å². The molecule has 0 aromatic heterocycles. The highest BCUT2D eigenvalue weighted by molar-refractivity contribution is 5.05. The van der Waals surface area contributed by atoms with Crippen LogP contribution >= 0.6 is 0 Å². The third kappa shape index (κ3) is 2.41. The minimum atomic E-state index is 0.411. The van der Waals surface area contributed by atoms with E-state index in [2.05, 4.69) is 17.3 Å². The van der Waals surface area contributed by atoms with Crippen LogP contribution in [-0.4, -0.2) is 50.8 Å². The molecular formula is C13H24N2O. The maximum atomic E-state index is 5.76. The van der Waals surface area contributed by atoms with Gasteiger partial charge in [-0.2, -0.15) is 0 Å². The van der Waals surface area contributed by atoms with E-state index in [1.54, 1.807) is 0 Å². The molecule has 0 radical (unpaired) electrons. The summed E-state index contributed by atoms with van der Waals surface area (Å²) in [6.07, 6.45) is 6.33. The van der Waals surface area contributed by atoms with E-state index < -0.39 is 0 Å². The van der Waals surface area contributed by atoms with E-state index >= 15 is 0 Å². The summed E-state index contributed by atoms with van der Waals surface area (Å²) in [4.78, 5) is 2.36. The molecular weight excluding hydrogens is 200 g/mol. The summed E-state index contributed by atoms with van der Waals surface area (Å²) in [5, 5.41) is 3.65. The number of hydrogen-bond donors (Lipinski definition) is 1. The molecule has 3 aliphatic rings. The van der Waals surface area contributed by atoms with E-state index in [0.717, 1.165) is 37.6 Å². The van der Waals surface area contributed by atoms with Gasteiger partial charge < -0.3 is 15.0 Å². The van der Waals surface area contributed by atoms with Crippen molar-refractivity contribution in [2.24, 2.45) is 11.3 Å². The second-order valence-corrected chi connectivity index (χ2v) is 6.02. The van der Waals surface area contributed by atoms with Crippen LogP contribution in [0.25, 0.3) is 0 Å². The van der Waals surface area contributed by atoms with E-state index in [9.17, 15) is 0 Å². The van der Waals surface area contributed by atoms with Gasteiger partial charge in [0.05, 0.1) is 12.7 Å². The minimum Gasteiger partial charge on any atom is -0.374 e. The fraction of sp³-hybridized carbons (Fsp3) is 1.00. The summed E-state index contributed by atoms with van der Waals surface area (Å²) in [7, 11) is 2.18. The molecule has 1 N–H and O–H groups in total. The van der Waals surface area contributed by atoms with Crippen molar-refractivity contribution in [3.63, 3.8) is 0 Å². The van der Waals surface area contributed by atoms with E-state index in [1.165, 1.54) is 32.2 Å². The van der Waals surface area contributed by atoms with Gasteiger partial charge in [-0.3, -0.25) is 0 Å². The van der Waals surface area contributed by atoms with Gasteiger partial charge in [0.2, 0.25) is 0 Å². The first-order chi connectivity index (χ1) is 7.78. The Balaban J connectivity index is 1.36. The van der Waals surface area contributed by atoms with Crippen LogP contribution in [-0.2, 0) is 4.74 Å². The Bertz CT molecular complexity index is 248. The Kier molecular flexibility index (Phi) is 2.94. The third-order valence-electron chi connectivity index (χ3n) is 4.53. The first-order valence-corrected chi connectivity index (χ1v) is 6.79. The van der Waals surface area contributed by atoms with Gasteiger partial charge in [-0.05, 0) is 44.1 Å². The normalized spacial score (nSPS) is 33.9. The fourth-order valence-electron chi connectivity index (χ4n) is 3.06. The minimum absolute atomic E-state index is 0.411. The second kappa shape index (κ2) is 4.28. The van der Waals surface area contributed by atoms with Crippen LogP contribution in [0.15, 0.2) is 0 Å². The van der Waals surface area contributed by atoms with E-state index in [1.807, 2.05) is 0 Å². The Morgan fingerprint density at radius 2 is 2.19 bits per heavy atom. The molecule has 3 heteroatoms. The standard InChI is InChI=1S/C13H24N2O/c1-15-6-7-16-12(9-15)8-14-10-13(4-5-13)11-2-3-11/h11-12,14H,2-10H2,1H3. The van der Waals surface area contributed by atoms with Crippen molar-refractivity contribution in [3.05, 3.63) is 0 Å². The number of likely N-dealkylation sites (N-methyl/N-ethyl adjacent to an activating group) is 1. The van der Waals surface area contributed by atoms with Gasteiger partial charge in [0.25, 0.3) is 0 Å². The van der Waals surface area contributed by atoms with Crippen LogP contribution < -0.4 is 5.32 Å². The first kappa shape index (κ1) is 11.0. The molecule has 1 atom stereocenters. The molecule has 0 bridgehead atoms. The molecule has 2 saturated carbocycles. The third-order valence-corrected chi connectivity index (χ3v) is 4.53. The van der Waals surface area contributed by atoms with Crippen molar-refractivity contribution >= 4 is 0 Å². The van der Waals surface area contributed by atoms with Crippen molar-refractivity contribution in [2.75, 3.05) is 39.8 Å². The molecule has 3 rings (SSSR count). The zero-order chi connectivity index (χ0) is 11.0. The highest BCUT2D eigenvalue weighted by atomic mass is 16.5. The van der Waals surface area contributed by atoms with Crippen molar-refractivity contribution in [1.29, 1.82) is 0 Å². The topological polar surface area (TPSA) is 24.5 Å². The van der Waals surface area contributed by atoms with E-state index in [-0.39, 0.29) is 0 Å². The molecule has 1 unspecified atom stereocenters. The number of morpholine rings is 1. The lowest BCUT2D eigenvalue weighted by molar-refractivity contribution is -0.0186. The fourth-order valence-corrected chi connectivity index (χ4v) is 3.06. The van der Waals surface area contributed by atoms with Crippen LogP contribution in [0.1, 0.15) is 25.7 Å². The van der Waals surface area contributed by atoms with Gasteiger partial charge in [-0.25, -0.2) is 0 Å². The molecule has 3 fully saturated rings.